The van der Waals surface area contributed by atoms with Crippen molar-refractivity contribution >= 4 is 22.9 Å². The van der Waals surface area contributed by atoms with Crippen molar-refractivity contribution in [3.8, 4) is 0 Å². The van der Waals surface area contributed by atoms with E-state index in [1.807, 2.05) is 0 Å². The van der Waals surface area contributed by atoms with Gasteiger partial charge in [0.05, 0.1) is 17.0 Å². The highest BCUT2D eigenvalue weighted by atomic mass is 32.1. The number of rotatable bonds is 4. The molecule has 0 fully saturated rings. The Bertz CT molecular complexity index is 1020. The zero-order valence-corrected chi connectivity index (χ0v) is 15.0. The fraction of sp³-hybridized carbons (Fsp3) is 0.158. The highest BCUT2D eigenvalue weighted by molar-refractivity contribution is 7.12. The van der Waals surface area contributed by atoms with Crippen LogP contribution in [0.1, 0.15) is 26.4 Å². The first-order valence-corrected chi connectivity index (χ1v) is 8.84. The molecule has 3 rings (SSSR count). The van der Waals surface area contributed by atoms with Gasteiger partial charge in [-0.1, -0.05) is 18.2 Å². The van der Waals surface area contributed by atoms with Crippen molar-refractivity contribution in [2.24, 2.45) is 0 Å². The summed E-state index contributed by atoms with van der Waals surface area (Å²) in [6.45, 7) is 1.70. The summed E-state index contributed by atoms with van der Waals surface area (Å²) < 4.78 is 39.9. The van der Waals surface area contributed by atoms with E-state index in [9.17, 15) is 22.8 Å². The Morgan fingerprint density at radius 3 is 2.63 bits per heavy atom. The van der Waals surface area contributed by atoms with Crippen LogP contribution in [0.15, 0.2) is 58.8 Å². The number of aromatic nitrogens is 1. The molecule has 140 valence electrons. The minimum Gasteiger partial charge on any atom is -0.317 e. The van der Waals surface area contributed by atoms with E-state index in [-0.39, 0.29) is 12.2 Å². The lowest BCUT2D eigenvalue weighted by Crippen LogP contribution is -2.26. The van der Waals surface area contributed by atoms with Gasteiger partial charge >= 0.3 is 6.18 Å². The molecule has 2 heterocycles. The van der Waals surface area contributed by atoms with Gasteiger partial charge in [-0.3, -0.25) is 9.59 Å². The van der Waals surface area contributed by atoms with Crippen molar-refractivity contribution < 1.29 is 18.0 Å². The lowest BCUT2D eigenvalue weighted by molar-refractivity contribution is -0.137. The molecule has 0 radical (unpaired) electrons. The number of benzene rings is 1. The standard InChI is InChI=1S/C19H15F3N2O2S/c1-12-8-15(23-17(25)16-6-3-7-27-16)18(26)24(10-12)11-13-4-2-5-14(9-13)19(20,21)22/h2-10H,11H2,1H3,(H,23,25). The minimum atomic E-state index is -4.45. The number of halogens is 3. The lowest BCUT2D eigenvalue weighted by Gasteiger charge is -2.12. The molecule has 0 saturated carbocycles. The van der Waals surface area contributed by atoms with Gasteiger partial charge in [0.1, 0.15) is 5.69 Å². The van der Waals surface area contributed by atoms with Crippen LogP contribution in [0.3, 0.4) is 0 Å². The first-order valence-electron chi connectivity index (χ1n) is 7.96. The van der Waals surface area contributed by atoms with E-state index in [0.29, 0.717) is 16.0 Å². The number of pyridine rings is 1. The number of carbonyl (C=O) groups excluding carboxylic acids is 1. The van der Waals surface area contributed by atoms with Crippen LogP contribution in [0.2, 0.25) is 0 Å². The SMILES string of the molecule is Cc1cc(NC(=O)c2cccs2)c(=O)n(Cc2cccc(C(F)(F)F)c2)c1. The maximum absolute atomic E-state index is 12.9. The predicted molar refractivity (Wildman–Crippen MR) is 98.3 cm³/mol. The van der Waals surface area contributed by atoms with Gasteiger partial charge < -0.3 is 9.88 Å². The zero-order chi connectivity index (χ0) is 19.6. The van der Waals surface area contributed by atoms with Crippen LogP contribution in [0.25, 0.3) is 0 Å². The molecule has 0 aliphatic heterocycles. The van der Waals surface area contributed by atoms with Crippen molar-refractivity contribution in [3.05, 3.63) is 86.0 Å². The van der Waals surface area contributed by atoms with Crippen molar-refractivity contribution in [2.75, 3.05) is 5.32 Å². The lowest BCUT2D eigenvalue weighted by atomic mass is 10.1. The zero-order valence-electron chi connectivity index (χ0n) is 14.2. The van der Waals surface area contributed by atoms with Gasteiger partial charge in [-0.25, -0.2) is 0 Å². The second-order valence-electron chi connectivity index (χ2n) is 5.99. The van der Waals surface area contributed by atoms with E-state index in [0.717, 1.165) is 12.1 Å². The quantitative estimate of drug-likeness (QED) is 0.709. The molecule has 27 heavy (non-hydrogen) atoms. The molecule has 1 aromatic carbocycles. The molecule has 8 heteroatoms. The Hall–Kier alpha value is -2.87. The van der Waals surface area contributed by atoms with Crippen LogP contribution >= 0.6 is 11.3 Å². The summed E-state index contributed by atoms with van der Waals surface area (Å²) in [6.07, 6.45) is -2.91. The summed E-state index contributed by atoms with van der Waals surface area (Å²) in [6, 6.07) is 9.72. The summed E-state index contributed by atoms with van der Waals surface area (Å²) in [5, 5.41) is 4.32. The minimum absolute atomic E-state index is 0.0354. The molecular formula is C19H15F3N2O2S. The highest BCUT2D eigenvalue weighted by Crippen LogP contribution is 2.29. The van der Waals surface area contributed by atoms with E-state index < -0.39 is 23.2 Å². The number of carbonyl (C=O) groups is 1. The molecular weight excluding hydrogens is 377 g/mol. The molecule has 0 aliphatic rings. The van der Waals surface area contributed by atoms with Gasteiger partial charge in [0.25, 0.3) is 11.5 Å². The summed E-state index contributed by atoms with van der Waals surface area (Å²) in [7, 11) is 0. The molecule has 0 aliphatic carbocycles. The number of hydrogen-bond donors (Lipinski definition) is 1. The van der Waals surface area contributed by atoms with Crippen LogP contribution < -0.4 is 10.9 Å². The van der Waals surface area contributed by atoms with E-state index in [1.165, 1.54) is 34.1 Å². The van der Waals surface area contributed by atoms with Gasteiger partial charge in [-0.2, -0.15) is 13.2 Å². The summed E-state index contributed by atoms with van der Waals surface area (Å²) in [5.41, 5.74) is -0.133. The molecule has 0 spiro atoms. The topological polar surface area (TPSA) is 51.1 Å². The number of nitrogens with one attached hydrogen (secondary N) is 1. The smallest absolute Gasteiger partial charge is 0.317 e. The summed E-state index contributed by atoms with van der Waals surface area (Å²) in [4.78, 5) is 25.3. The third-order valence-electron chi connectivity index (χ3n) is 3.82. The van der Waals surface area contributed by atoms with Crippen LogP contribution in [-0.2, 0) is 12.7 Å². The molecule has 2 aromatic heterocycles. The van der Waals surface area contributed by atoms with Gasteiger partial charge in [0.15, 0.2) is 0 Å². The Labute approximate surface area is 156 Å². The Balaban J connectivity index is 1.90. The van der Waals surface area contributed by atoms with Crippen LogP contribution in [-0.4, -0.2) is 10.5 Å². The maximum atomic E-state index is 12.9. The molecule has 0 atom stereocenters. The number of alkyl halides is 3. The van der Waals surface area contributed by atoms with Crippen molar-refractivity contribution in [1.82, 2.24) is 4.57 Å². The number of amides is 1. The van der Waals surface area contributed by atoms with E-state index in [1.54, 1.807) is 30.6 Å². The molecule has 0 saturated heterocycles. The van der Waals surface area contributed by atoms with Crippen LogP contribution in [0.5, 0.6) is 0 Å². The average molecular weight is 392 g/mol. The highest BCUT2D eigenvalue weighted by Gasteiger charge is 2.30. The van der Waals surface area contributed by atoms with E-state index in [2.05, 4.69) is 5.32 Å². The monoisotopic (exact) mass is 392 g/mol. The van der Waals surface area contributed by atoms with Crippen molar-refractivity contribution in [3.63, 3.8) is 0 Å². The number of thiophene rings is 1. The van der Waals surface area contributed by atoms with Gasteiger partial charge in [0, 0.05) is 6.20 Å². The number of hydrogen-bond acceptors (Lipinski definition) is 3. The van der Waals surface area contributed by atoms with E-state index in [4.69, 9.17) is 0 Å². The average Bonchev–Trinajstić information content (AvgIpc) is 3.13. The fourth-order valence-corrected chi connectivity index (χ4v) is 3.25. The van der Waals surface area contributed by atoms with Gasteiger partial charge in [-0.05, 0) is 47.7 Å². The van der Waals surface area contributed by atoms with Gasteiger partial charge in [0.2, 0.25) is 0 Å². The summed E-state index contributed by atoms with van der Waals surface area (Å²) in [5.74, 6) is -0.404. The Morgan fingerprint density at radius 1 is 1.19 bits per heavy atom. The van der Waals surface area contributed by atoms with E-state index >= 15 is 0 Å². The maximum Gasteiger partial charge on any atom is 0.416 e. The fourth-order valence-electron chi connectivity index (χ4n) is 2.63. The normalized spacial score (nSPS) is 11.4. The van der Waals surface area contributed by atoms with Gasteiger partial charge in [-0.15, -0.1) is 11.3 Å². The largest absolute Gasteiger partial charge is 0.416 e. The number of anilines is 1. The molecule has 3 aromatic rings. The number of nitrogens with zero attached hydrogens (tertiary/aromatic N) is 1. The molecule has 0 unspecified atom stereocenters. The molecule has 1 N–H and O–H groups in total. The van der Waals surface area contributed by atoms with Crippen molar-refractivity contribution in [2.45, 2.75) is 19.6 Å². The Kier molecular flexibility index (Phi) is 5.18. The van der Waals surface area contributed by atoms with Crippen molar-refractivity contribution in [1.29, 1.82) is 0 Å². The second kappa shape index (κ2) is 7.40. The predicted octanol–water partition coefficient (Wildman–Crippen LogP) is 4.54. The first-order chi connectivity index (χ1) is 12.7. The summed E-state index contributed by atoms with van der Waals surface area (Å²) >= 11 is 1.24. The van der Waals surface area contributed by atoms with Crippen LogP contribution in [0, 0.1) is 6.92 Å². The second-order valence-corrected chi connectivity index (χ2v) is 6.94. The molecule has 1 amide bonds. The first kappa shape index (κ1) is 18.9. The number of aryl methyl sites for hydroxylation is 1. The van der Waals surface area contributed by atoms with Crippen LogP contribution in [0.4, 0.5) is 18.9 Å². The Morgan fingerprint density at radius 2 is 1.96 bits per heavy atom. The third-order valence-corrected chi connectivity index (χ3v) is 4.69. The molecule has 4 nitrogen and oxygen atoms in total. The molecule has 0 bridgehead atoms. The third kappa shape index (κ3) is 4.46.